The molecule has 0 aliphatic carbocycles. The Morgan fingerprint density at radius 1 is 1.39 bits per heavy atom. The van der Waals surface area contributed by atoms with Crippen molar-refractivity contribution in [2.75, 3.05) is 0 Å². The van der Waals surface area contributed by atoms with Gasteiger partial charge < -0.3 is 5.11 Å². The van der Waals surface area contributed by atoms with Gasteiger partial charge in [-0.3, -0.25) is 4.79 Å². The highest BCUT2D eigenvalue weighted by Crippen LogP contribution is 2.31. The predicted octanol–water partition coefficient (Wildman–Crippen LogP) is 4.44. The molecule has 0 spiro atoms. The highest BCUT2D eigenvalue weighted by atomic mass is 32.1. The molecule has 0 fully saturated rings. The van der Waals surface area contributed by atoms with Crippen LogP contribution in [0.4, 0.5) is 0 Å². The predicted molar refractivity (Wildman–Crippen MR) is 77.4 cm³/mol. The summed E-state index contributed by atoms with van der Waals surface area (Å²) in [4.78, 5) is 13.6. The van der Waals surface area contributed by atoms with Crippen LogP contribution in [0.25, 0.3) is 0 Å². The van der Waals surface area contributed by atoms with Crippen LogP contribution in [0.3, 0.4) is 0 Å². The normalized spacial score (nSPS) is 11.8. The van der Waals surface area contributed by atoms with Gasteiger partial charge in [-0.2, -0.15) is 0 Å². The summed E-state index contributed by atoms with van der Waals surface area (Å²) in [5.74, 6) is -0.698. The highest BCUT2D eigenvalue weighted by Gasteiger charge is 2.22. The van der Waals surface area contributed by atoms with Gasteiger partial charge in [-0.1, -0.05) is 27.2 Å². The van der Waals surface area contributed by atoms with E-state index in [1.54, 1.807) is 0 Å². The van der Waals surface area contributed by atoms with E-state index in [-0.39, 0.29) is 11.8 Å². The maximum absolute atomic E-state index is 10.8. The molecular weight excluding hydrogens is 244 g/mol. The van der Waals surface area contributed by atoms with E-state index in [9.17, 15) is 4.79 Å². The molecule has 3 heteroatoms. The lowest BCUT2D eigenvalue weighted by atomic mass is 9.84. The zero-order valence-corrected chi connectivity index (χ0v) is 12.7. The number of carboxylic acids is 1. The molecule has 0 radical (unpaired) electrons. The molecule has 0 bridgehead atoms. The first-order chi connectivity index (χ1) is 8.34. The summed E-state index contributed by atoms with van der Waals surface area (Å²) in [6.45, 7) is 8.43. The smallest absolute Gasteiger partial charge is 0.303 e. The van der Waals surface area contributed by atoms with Crippen molar-refractivity contribution in [1.29, 1.82) is 0 Å². The van der Waals surface area contributed by atoms with Gasteiger partial charge in [-0.15, -0.1) is 11.3 Å². The lowest BCUT2D eigenvalue weighted by Gasteiger charge is -2.22. The van der Waals surface area contributed by atoms with Gasteiger partial charge in [0.2, 0.25) is 0 Å². The Bertz CT molecular complexity index is 405. The second-order valence-electron chi connectivity index (χ2n) is 5.79. The van der Waals surface area contributed by atoms with Gasteiger partial charge in [0.1, 0.15) is 0 Å². The fourth-order valence-electron chi connectivity index (χ4n) is 2.26. The molecule has 18 heavy (non-hydrogen) atoms. The maximum Gasteiger partial charge on any atom is 0.303 e. The molecule has 102 valence electrons. The quantitative estimate of drug-likeness (QED) is 0.793. The minimum atomic E-state index is -0.698. The van der Waals surface area contributed by atoms with Gasteiger partial charge in [-0.05, 0) is 43.2 Å². The molecule has 1 heterocycles. The average Bonchev–Trinajstić information content (AvgIpc) is 2.55. The lowest BCUT2D eigenvalue weighted by Crippen LogP contribution is -2.17. The van der Waals surface area contributed by atoms with Crippen LogP contribution in [-0.4, -0.2) is 11.1 Å². The number of carbonyl (C=O) groups is 1. The number of aliphatic carboxylic acids is 1. The second kappa shape index (κ2) is 6.37. The van der Waals surface area contributed by atoms with Crippen LogP contribution in [0, 0.1) is 12.3 Å². The SMILES string of the molecule is CCCc1cc(C)sc1CCC(C)(C)CC(=O)O. The van der Waals surface area contributed by atoms with Crippen molar-refractivity contribution in [2.24, 2.45) is 5.41 Å². The summed E-state index contributed by atoms with van der Waals surface area (Å²) in [6.07, 6.45) is 4.51. The van der Waals surface area contributed by atoms with Crippen molar-refractivity contribution in [2.45, 2.75) is 59.8 Å². The summed E-state index contributed by atoms with van der Waals surface area (Å²) >= 11 is 1.87. The fourth-order valence-corrected chi connectivity index (χ4v) is 3.34. The van der Waals surface area contributed by atoms with Gasteiger partial charge in [0.05, 0.1) is 6.42 Å². The molecule has 0 atom stereocenters. The van der Waals surface area contributed by atoms with Crippen molar-refractivity contribution in [3.8, 4) is 0 Å². The van der Waals surface area contributed by atoms with E-state index in [0.717, 1.165) is 19.3 Å². The van der Waals surface area contributed by atoms with E-state index in [0.29, 0.717) is 0 Å². The van der Waals surface area contributed by atoms with Crippen molar-refractivity contribution in [1.82, 2.24) is 0 Å². The third-order valence-electron chi connectivity index (χ3n) is 3.20. The molecule has 0 aromatic carbocycles. The van der Waals surface area contributed by atoms with Crippen LogP contribution < -0.4 is 0 Å². The summed E-state index contributed by atoms with van der Waals surface area (Å²) in [5.41, 5.74) is 1.35. The molecule has 0 aliphatic heterocycles. The Hall–Kier alpha value is -0.830. The van der Waals surface area contributed by atoms with Gasteiger partial charge >= 0.3 is 5.97 Å². The topological polar surface area (TPSA) is 37.3 Å². The molecule has 1 rings (SSSR count). The van der Waals surface area contributed by atoms with Gasteiger partial charge in [0.25, 0.3) is 0 Å². The molecule has 1 aromatic rings. The van der Waals surface area contributed by atoms with Crippen LogP contribution in [0.15, 0.2) is 6.07 Å². The number of hydrogen-bond acceptors (Lipinski definition) is 2. The number of aryl methyl sites for hydroxylation is 3. The molecule has 0 amide bonds. The third-order valence-corrected chi connectivity index (χ3v) is 4.35. The molecule has 0 unspecified atom stereocenters. The third kappa shape index (κ3) is 4.81. The number of hydrogen-bond donors (Lipinski definition) is 1. The first kappa shape index (κ1) is 15.2. The standard InChI is InChI=1S/C15H24O2S/c1-5-6-12-9-11(2)18-13(12)7-8-15(3,4)10-14(16)17/h9H,5-8,10H2,1-4H3,(H,16,17). The Morgan fingerprint density at radius 3 is 2.61 bits per heavy atom. The zero-order chi connectivity index (χ0) is 13.8. The molecule has 1 N–H and O–H groups in total. The Morgan fingerprint density at radius 2 is 2.06 bits per heavy atom. The number of rotatable bonds is 7. The summed E-state index contributed by atoms with van der Waals surface area (Å²) < 4.78 is 0. The molecular formula is C15H24O2S. The largest absolute Gasteiger partial charge is 0.481 e. The van der Waals surface area contributed by atoms with E-state index in [1.807, 2.05) is 25.2 Å². The van der Waals surface area contributed by atoms with Gasteiger partial charge in [0, 0.05) is 9.75 Å². The Labute approximate surface area is 114 Å². The fraction of sp³-hybridized carbons (Fsp3) is 0.667. The monoisotopic (exact) mass is 268 g/mol. The van der Waals surface area contributed by atoms with Gasteiger partial charge in [-0.25, -0.2) is 0 Å². The van der Waals surface area contributed by atoms with Gasteiger partial charge in [0.15, 0.2) is 0 Å². The van der Waals surface area contributed by atoms with Crippen LogP contribution in [-0.2, 0) is 17.6 Å². The summed E-state index contributed by atoms with van der Waals surface area (Å²) in [7, 11) is 0. The Balaban J connectivity index is 2.64. The summed E-state index contributed by atoms with van der Waals surface area (Å²) in [6, 6.07) is 2.29. The number of carboxylic acid groups (broad SMARTS) is 1. The highest BCUT2D eigenvalue weighted by molar-refractivity contribution is 7.12. The minimum Gasteiger partial charge on any atom is -0.481 e. The van der Waals surface area contributed by atoms with Crippen molar-refractivity contribution in [3.63, 3.8) is 0 Å². The molecule has 1 aromatic heterocycles. The minimum absolute atomic E-state index is 0.118. The van der Waals surface area contributed by atoms with Crippen molar-refractivity contribution < 1.29 is 9.90 Å². The van der Waals surface area contributed by atoms with Crippen LogP contribution in [0.1, 0.15) is 55.4 Å². The molecule has 2 nitrogen and oxygen atoms in total. The summed E-state index contributed by atoms with van der Waals surface area (Å²) in [5, 5.41) is 8.89. The number of thiophene rings is 1. The maximum atomic E-state index is 10.8. The van der Waals surface area contributed by atoms with E-state index < -0.39 is 5.97 Å². The van der Waals surface area contributed by atoms with Crippen LogP contribution in [0.5, 0.6) is 0 Å². The second-order valence-corrected chi connectivity index (χ2v) is 7.13. The zero-order valence-electron chi connectivity index (χ0n) is 11.9. The van der Waals surface area contributed by atoms with E-state index >= 15 is 0 Å². The Kier molecular flexibility index (Phi) is 5.39. The first-order valence-corrected chi connectivity index (χ1v) is 7.45. The van der Waals surface area contributed by atoms with Crippen molar-refractivity contribution in [3.05, 3.63) is 21.4 Å². The van der Waals surface area contributed by atoms with E-state index in [1.165, 1.54) is 21.7 Å². The molecule has 0 aliphatic rings. The van der Waals surface area contributed by atoms with E-state index in [4.69, 9.17) is 5.11 Å². The van der Waals surface area contributed by atoms with Crippen molar-refractivity contribution >= 4 is 17.3 Å². The average molecular weight is 268 g/mol. The van der Waals surface area contributed by atoms with E-state index in [2.05, 4.69) is 19.9 Å². The molecule has 0 saturated heterocycles. The van der Waals surface area contributed by atoms with Crippen LogP contribution in [0.2, 0.25) is 0 Å². The van der Waals surface area contributed by atoms with Crippen LogP contribution >= 0.6 is 11.3 Å². The first-order valence-electron chi connectivity index (χ1n) is 6.64. The lowest BCUT2D eigenvalue weighted by molar-refractivity contribution is -0.139. The molecule has 0 saturated carbocycles.